The molecule has 2 aromatic carbocycles. The van der Waals surface area contributed by atoms with Crippen LogP contribution in [0, 0.1) is 17.8 Å². The summed E-state index contributed by atoms with van der Waals surface area (Å²) in [6.07, 6.45) is 0.0843. The standard InChI is InChI=1S/C33H46N4O6/c1-21(2)17-26(29(38)32(41)34-25-15-11-8-12-16-25)35-30(39)27(18-22(3)4)36-31(40)28(19-23(5)6)37-33(42)43-20-24-13-9-7-10-14-24/h7-16,21-23,26-28H,17-20H2,1-6H3,(H,34,41)(H,35,39)(H,36,40)(H,37,42). The maximum atomic E-state index is 13.5. The summed E-state index contributed by atoms with van der Waals surface area (Å²) in [4.78, 5) is 65.3. The molecule has 0 fully saturated rings. The lowest BCUT2D eigenvalue weighted by Crippen LogP contribution is -2.57. The molecule has 43 heavy (non-hydrogen) atoms. The summed E-state index contributed by atoms with van der Waals surface area (Å²) in [5.74, 6) is -2.66. The van der Waals surface area contributed by atoms with Crippen molar-refractivity contribution in [2.75, 3.05) is 5.32 Å². The van der Waals surface area contributed by atoms with Crippen molar-refractivity contribution in [2.45, 2.75) is 85.5 Å². The van der Waals surface area contributed by atoms with Crippen LogP contribution in [0.2, 0.25) is 0 Å². The number of carbonyl (C=O) groups is 5. The Morgan fingerprint density at radius 2 is 1.05 bits per heavy atom. The number of rotatable bonds is 16. The molecule has 2 aromatic rings. The summed E-state index contributed by atoms with van der Waals surface area (Å²) in [7, 11) is 0. The minimum atomic E-state index is -1.08. The van der Waals surface area contributed by atoms with E-state index < -0.39 is 47.7 Å². The van der Waals surface area contributed by atoms with Crippen LogP contribution in [0.1, 0.15) is 66.4 Å². The van der Waals surface area contributed by atoms with Crippen molar-refractivity contribution >= 4 is 35.3 Å². The molecular weight excluding hydrogens is 548 g/mol. The van der Waals surface area contributed by atoms with Gasteiger partial charge >= 0.3 is 6.09 Å². The minimum absolute atomic E-state index is 0.00145. The van der Waals surface area contributed by atoms with Gasteiger partial charge in [-0.3, -0.25) is 19.2 Å². The number of nitrogens with one attached hydrogen (secondary N) is 4. The normalized spacial score (nSPS) is 13.1. The first-order chi connectivity index (χ1) is 20.3. The number of ketones is 1. The van der Waals surface area contributed by atoms with Gasteiger partial charge in [-0.25, -0.2) is 4.79 Å². The van der Waals surface area contributed by atoms with Crippen molar-refractivity contribution in [2.24, 2.45) is 17.8 Å². The maximum Gasteiger partial charge on any atom is 0.408 e. The van der Waals surface area contributed by atoms with Gasteiger partial charge in [-0.2, -0.15) is 0 Å². The van der Waals surface area contributed by atoms with Crippen LogP contribution < -0.4 is 21.3 Å². The third-order valence-corrected chi connectivity index (χ3v) is 6.46. The molecule has 0 radical (unpaired) electrons. The van der Waals surface area contributed by atoms with Gasteiger partial charge < -0.3 is 26.0 Å². The smallest absolute Gasteiger partial charge is 0.408 e. The summed E-state index contributed by atoms with van der Waals surface area (Å²) < 4.78 is 5.30. The lowest BCUT2D eigenvalue weighted by atomic mass is 9.97. The first kappa shape index (κ1) is 35.0. The Bertz CT molecular complexity index is 1200. The number of hydrogen-bond acceptors (Lipinski definition) is 6. The zero-order valence-electron chi connectivity index (χ0n) is 26.0. The number of hydrogen-bond donors (Lipinski definition) is 4. The second-order valence-corrected chi connectivity index (χ2v) is 12.0. The third kappa shape index (κ3) is 13.1. The Kier molecular flexibility index (Phi) is 14.4. The lowest BCUT2D eigenvalue weighted by Gasteiger charge is -2.27. The summed E-state index contributed by atoms with van der Waals surface area (Å²) in [6, 6.07) is 14.7. The van der Waals surface area contributed by atoms with Crippen molar-refractivity contribution in [1.82, 2.24) is 16.0 Å². The number of alkyl carbamates (subject to hydrolysis) is 1. The average molecular weight is 595 g/mol. The monoisotopic (exact) mass is 594 g/mol. The second-order valence-electron chi connectivity index (χ2n) is 12.0. The number of anilines is 1. The molecule has 0 heterocycles. The van der Waals surface area contributed by atoms with Gasteiger partial charge in [-0.05, 0) is 54.7 Å². The van der Waals surface area contributed by atoms with Crippen LogP contribution >= 0.6 is 0 Å². The molecule has 10 nitrogen and oxygen atoms in total. The first-order valence-corrected chi connectivity index (χ1v) is 14.8. The van der Waals surface area contributed by atoms with E-state index in [9.17, 15) is 24.0 Å². The zero-order chi connectivity index (χ0) is 31.9. The van der Waals surface area contributed by atoms with Crippen molar-refractivity contribution in [3.8, 4) is 0 Å². The molecule has 234 valence electrons. The van der Waals surface area contributed by atoms with Crippen molar-refractivity contribution in [3.63, 3.8) is 0 Å². The van der Waals surface area contributed by atoms with Crippen LogP contribution in [0.4, 0.5) is 10.5 Å². The molecule has 0 saturated carbocycles. The molecule has 3 unspecified atom stereocenters. The fraction of sp³-hybridized carbons (Fsp3) is 0.485. The van der Waals surface area contributed by atoms with Gasteiger partial charge in [0, 0.05) is 5.69 Å². The summed E-state index contributed by atoms with van der Waals surface area (Å²) in [5.41, 5.74) is 1.27. The predicted molar refractivity (Wildman–Crippen MR) is 166 cm³/mol. The second kappa shape index (κ2) is 17.7. The topological polar surface area (TPSA) is 143 Å². The number of ether oxygens (including phenoxy) is 1. The van der Waals surface area contributed by atoms with E-state index >= 15 is 0 Å². The molecule has 3 atom stereocenters. The molecule has 0 aromatic heterocycles. The molecular formula is C33H46N4O6. The Hall–Kier alpha value is -4.21. The predicted octanol–water partition coefficient (Wildman–Crippen LogP) is 4.60. The van der Waals surface area contributed by atoms with Gasteiger partial charge in [0.15, 0.2) is 0 Å². The van der Waals surface area contributed by atoms with Crippen LogP contribution in [-0.2, 0) is 30.5 Å². The largest absolute Gasteiger partial charge is 0.445 e. The highest BCUT2D eigenvalue weighted by molar-refractivity contribution is 6.42. The Labute approximate surface area is 254 Å². The molecule has 0 aliphatic heterocycles. The summed E-state index contributed by atoms with van der Waals surface area (Å²) in [6.45, 7) is 11.4. The molecule has 0 aliphatic rings. The van der Waals surface area contributed by atoms with Gasteiger partial charge in [0.1, 0.15) is 18.7 Å². The molecule has 10 heteroatoms. The Morgan fingerprint density at radius 1 is 0.605 bits per heavy atom. The molecule has 0 aliphatic carbocycles. The van der Waals surface area contributed by atoms with Crippen LogP contribution in [0.15, 0.2) is 60.7 Å². The minimum Gasteiger partial charge on any atom is -0.445 e. The number of amides is 4. The quantitative estimate of drug-likeness (QED) is 0.209. The van der Waals surface area contributed by atoms with E-state index in [2.05, 4.69) is 21.3 Å². The molecule has 2 rings (SSSR count). The van der Waals surface area contributed by atoms with Crippen molar-refractivity contribution in [1.29, 1.82) is 0 Å². The lowest BCUT2D eigenvalue weighted by molar-refractivity contribution is -0.138. The summed E-state index contributed by atoms with van der Waals surface area (Å²) in [5, 5.41) is 10.7. The number of benzene rings is 2. The van der Waals surface area contributed by atoms with Gasteiger partial charge in [0.25, 0.3) is 5.91 Å². The van der Waals surface area contributed by atoms with Crippen molar-refractivity contribution < 1.29 is 28.7 Å². The van der Waals surface area contributed by atoms with Crippen LogP contribution in [-0.4, -0.2) is 47.7 Å². The Morgan fingerprint density at radius 3 is 1.56 bits per heavy atom. The van der Waals surface area contributed by atoms with Gasteiger partial charge in [-0.15, -0.1) is 0 Å². The molecule has 0 spiro atoms. The first-order valence-electron chi connectivity index (χ1n) is 14.8. The van der Waals surface area contributed by atoms with Crippen LogP contribution in [0.3, 0.4) is 0 Å². The third-order valence-electron chi connectivity index (χ3n) is 6.46. The average Bonchev–Trinajstić information content (AvgIpc) is 2.95. The number of carbonyl (C=O) groups excluding carboxylic acids is 5. The molecule has 0 bridgehead atoms. The van der Waals surface area contributed by atoms with Crippen LogP contribution in [0.25, 0.3) is 0 Å². The highest BCUT2D eigenvalue weighted by atomic mass is 16.5. The van der Waals surface area contributed by atoms with E-state index in [-0.39, 0.29) is 37.2 Å². The van der Waals surface area contributed by atoms with Gasteiger partial charge in [0.2, 0.25) is 17.6 Å². The zero-order valence-corrected chi connectivity index (χ0v) is 26.0. The highest BCUT2D eigenvalue weighted by Gasteiger charge is 2.33. The number of para-hydroxylation sites is 1. The van der Waals surface area contributed by atoms with E-state index in [0.717, 1.165) is 5.56 Å². The van der Waals surface area contributed by atoms with Gasteiger partial charge in [-0.1, -0.05) is 90.1 Å². The van der Waals surface area contributed by atoms with Crippen molar-refractivity contribution in [3.05, 3.63) is 66.2 Å². The van der Waals surface area contributed by atoms with E-state index in [4.69, 9.17) is 4.74 Å². The number of Topliss-reactive ketones (excluding diaryl/α,β-unsaturated/α-hetero) is 1. The van der Waals surface area contributed by atoms with Crippen LogP contribution in [0.5, 0.6) is 0 Å². The molecule has 4 amide bonds. The molecule has 4 N–H and O–H groups in total. The van der Waals surface area contributed by atoms with E-state index in [1.165, 1.54) is 0 Å². The Balaban J connectivity index is 2.13. The van der Waals surface area contributed by atoms with E-state index in [1.54, 1.807) is 30.3 Å². The van der Waals surface area contributed by atoms with E-state index in [0.29, 0.717) is 12.1 Å². The highest BCUT2D eigenvalue weighted by Crippen LogP contribution is 2.13. The fourth-order valence-corrected chi connectivity index (χ4v) is 4.43. The maximum absolute atomic E-state index is 13.5. The molecule has 0 saturated heterocycles. The fourth-order valence-electron chi connectivity index (χ4n) is 4.43. The van der Waals surface area contributed by atoms with Gasteiger partial charge in [0.05, 0.1) is 6.04 Å². The SMILES string of the molecule is CC(C)CC(NC(=O)OCc1ccccc1)C(=O)NC(CC(C)C)C(=O)NC(CC(C)C)C(=O)C(=O)Nc1ccccc1. The summed E-state index contributed by atoms with van der Waals surface area (Å²) >= 11 is 0. The van der Waals surface area contributed by atoms with E-state index in [1.807, 2.05) is 71.9 Å².